The molecule has 124 valence electrons. The molecule has 0 unspecified atom stereocenters. The largest absolute Gasteiger partial charge is 0.465 e. The van der Waals surface area contributed by atoms with Crippen molar-refractivity contribution in [3.05, 3.63) is 12.7 Å². The average Bonchev–Trinajstić information content (AvgIpc) is 2.39. The third kappa shape index (κ3) is 8.02. The van der Waals surface area contributed by atoms with Crippen molar-refractivity contribution < 1.29 is 31.5 Å². The van der Waals surface area contributed by atoms with Crippen molar-refractivity contribution in [1.29, 1.82) is 0 Å². The van der Waals surface area contributed by atoms with E-state index < -0.39 is 24.7 Å². The lowest BCUT2D eigenvalue weighted by Crippen LogP contribution is -2.45. The maximum atomic E-state index is 12.5. The van der Waals surface area contributed by atoms with Crippen LogP contribution in [0.1, 0.15) is 51.4 Å². The number of halogens is 5. The number of carbonyl (C=O) groups excluding carboxylic acids is 1. The van der Waals surface area contributed by atoms with Crippen LogP contribution in [0.4, 0.5) is 22.0 Å². The number of carbonyl (C=O) groups is 1. The molecule has 0 fully saturated rings. The molecule has 0 N–H and O–H groups in total. The minimum atomic E-state index is -5.91. The Bertz CT molecular complexity index is 313. The lowest BCUT2D eigenvalue weighted by molar-refractivity contribution is -0.280. The van der Waals surface area contributed by atoms with Gasteiger partial charge < -0.3 is 4.74 Å². The Labute approximate surface area is 121 Å². The predicted molar refractivity (Wildman–Crippen MR) is 69.1 cm³/mol. The molecular formula is C14H21F5O2. The maximum absolute atomic E-state index is 12.5. The Hall–Kier alpha value is -1.14. The van der Waals surface area contributed by atoms with Crippen LogP contribution in [0.3, 0.4) is 0 Å². The summed E-state index contributed by atoms with van der Waals surface area (Å²) in [4.78, 5) is 10.6. The van der Waals surface area contributed by atoms with Crippen LogP contribution in [0, 0.1) is 0 Å². The third-order valence-electron chi connectivity index (χ3n) is 2.90. The topological polar surface area (TPSA) is 26.3 Å². The first-order valence-corrected chi connectivity index (χ1v) is 6.96. The molecule has 0 saturated carbocycles. The summed E-state index contributed by atoms with van der Waals surface area (Å²) in [6, 6.07) is 0. The number of unbranched alkanes of at least 4 members (excludes halogenated alkanes) is 7. The average molecular weight is 316 g/mol. The molecule has 0 amide bonds. The summed E-state index contributed by atoms with van der Waals surface area (Å²) in [6.45, 7) is 3.19. The highest BCUT2D eigenvalue weighted by Crippen LogP contribution is 2.36. The molecule has 0 aromatic rings. The normalized spacial score (nSPS) is 12.2. The molecule has 0 aliphatic heterocycles. The first-order valence-electron chi connectivity index (χ1n) is 6.96. The summed E-state index contributed by atoms with van der Waals surface area (Å²) in [7, 11) is 0. The van der Waals surface area contributed by atoms with Gasteiger partial charge in [0.15, 0.2) is 0 Å². The van der Waals surface area contributed by atoms with Gasteiger partial charge in [0.05, 0.1) is 6.61 Å². The number of ether oxygens (including phenoxy) is 1. The van der Waals surface area contributed by atoms with Gasteiger partial charge in [0.2, 0.25) is 0 Å². The van der Waals surface area contributed by atoms with Crippen LogP contribution < -0.4 is 0 Å². The van der Waals surface area contributed by atoms with Gasteiger partial charge >= 0.3 is 18.1 Å². The van der Waals surface area contributed by atoms with Gasteiger partial charge in [-0.25, -0.2) is 4.79 Å². The van der Waals surface area contributed by atoms with E-state index in [2.05, 4.69) is 11.3 Å². The summed E-state index contributed by atoms with van der Waals surface area (Å²) < 4.78 is 64.5. The lowest BCUT2D eigenvalue weighted by atomic mass is 10.1. The highest BCUT2D eigenvalue weighted by atomic mass is 19.4. The Morgan fingerprint density at radius 2 is 1.38 bits per heavy atom. The second kappa shape index (κ2) is 9.73. The predicted octanol–water partition coefficient (Wildman–Crippen LogP) is 5.03. The Balaban J connectivity index is 3.59. The van der Waals surface area contributed by atoms with E-state index in [0.717, 1.165) is 38.5 Å². The quantitative estimate of drug-likeness (QED) is 0.231. The van der Waals surface area contributed by atoms with E-state index >= 15 is 0 Å². The third-order valence-corrected chi connectivity index (χ3v) is 2.90. The van der Waals surface area contributed by atoms with Gasteiger partial charge in [-0.15, -0.1) is 6.58 Å². The number of alkyl halides is 5. The van der Waals surface area contributed by atoms with E-state index in [4.69, 9.17) is 0 Å². The zero-order chi connectivity index (χ0) is 16.4. The molecule has 0 heterocycles. The van der Waals surface area contributed by atoms with Gasteiger partial charge in [0.1, 0.15) is 0 Å². The fraction of sp³-hybridized carbons (Fsp3) is 0.786. The molecule has 0 atom stereocenters. The van der Waals surface area contributed by atoms with E-state index in [9.17, 15) is 26.7 Å². The van der Waals surface area contributed by atoms with Crippen LogP contribution >= 0.6 is 0 Å². The molecule has 2 nitrogen and oxygen atoms in total. The van der Waals surface area contributed by atoms with Crippen molar-refractivity contribution >= 4 is 5.97 Å². The second-order valence-corrected chi connectivity index (χ2v) is 4.76. The summed E-state index contributed by atoms with van der Waals surface area (Å²) in [5.41, 5.74) is 0. The van der Waals surface area contributed by atoms with Crippen LogP contribution in [-0.4, -0.2) is 24.7 Å². The molecule has 0 saturated heterocycles. The summed E-state index contributed by atoms with van der Waals surface area (Å²) in [5.74, 6) is -7.96. The van der Waals surface area contributed by atoms with Crippen molar-refractivity contribution in [2.24, 2.45) is 0 Å². The van der Waals surface area contributed by atoms with Crippen molar-refractivity contribution in [2.45, 2.75) is 63.5 Å². The fourth-order valence-electron chi connectivity index (χ4n) is 1.65. The fourth-order valence-corrected chi connectivity index (χ4v) is 1.65. The van der Waals surface area contributed by atoms with E-state index in [1.807, 2.05) is 6.08 Å². The second-order valence-electron chi connectivity index (χ2n) is 4.76. The standard InChI is InChI=1S/C14H21F5O2/c1-2-3-4-5-6-7-8-9-10-11-21-12(20)13(15,16)14(17,18)19/h2H,1,3-11H2. The van der Waals surface area contributed by atoms with Crippen LogP contribution in [0.2, 0.25) is 0 Å². The molecule has 21 heavy (non-hydrogen) atoms. The molecule has 0 aliphatic carbocycles. The van der Waals surface area contributed by atoms with E-state index in [1.54, 1.807) is 0 Å². The van der Waals surface area contributed by atoms with Gasteiger partial charge in [-0.2, -0.15) is 22.0 Å². The van der Waals surface area contributed by atoms with Gasteiger partial charge in [-0.1, -0.05) is 38.2 Å². The number of hydrogen-bond acceptors (Lipinski definition) is 2. The summed E-state index contributed by atoms with van der Waals surface area (Å²) >= 11 is 0. The van der Waals surface area contributed by atoms with Crippen LogP contribution in [0.5, 0.6) is 0 Å². The first-order chi connectivity index (χ1) is 9.73. The molecule has 0 radical (unpaired) electrons. The molecule has 0 rings (SSSR count). The molecule has 0 bridgehead atoms. The number of allylic oxidation sites excluding steroid dienone is 1. The van der Waals surface area contributed by atoms with E-state index in [-0.39, 0.29) is 6.42 Å². The Morgan fingerprint density at radius 3 is 1.86 bits per heavy atom. The summed E-state index contributed by atoms with van der Waals surface area (Å²) in [6.07, 6.45) is 2.83. The zero-order valence-corrected chi connectivity index (χ0v) is 11.9. The zero-order valence-electron chi connectivity index (χ0n) is 11.9. The van der Waals surface area contributed by atoms with Gasteiger partial charge in [-0.05, 0) is 19.3 Å². The van der Waals surface area contributed by atoms with Crippen molar-refractivity contribution in [2.75, 3.05) is 6.61 Å². The Kier molecular flexibility index (Phi) is 9.21. The van der Waals surface area contributed by atoms with E-state index in [1.165, 1.54) is 0 Å². The monoisotopic (exact) mass is 316 g/mol. The molecule has 0 aromatic carbocycles. The van der Waals surface area contributed by atoms with Crippen LogP contribution in [0.15, 0.2) is 12.7 Å². The smallest absolute Gasteiger partial charge is 0.461 e. The highest BCUT2D eigenvalue weighted by Gasteiger charge is 2.64. The molecule has 0 aliphatic rings. The lowest BCUT2D eigenvalue weighted by Gasteiger charge is -2.17. The van der Waals surface area contributed by atoms with E-state index in [0.29, 0.717) is 6.42 Å². The SMILES string of the molecule is C=CCCCCCCCCCOC(=O)C(F)(F)C(F)(F)F. The number of hydrogen-bond donors (Lipinski definition) is 0. The summed E-state index contributed by atoms with van der Waals surface area (Å²) in [5, 5.41) is 0. The van der Waals surface area contributed by atoms with Gasteiger partial charge in [0, 0.05) is 0 Å². The first kappa shape index (κ1) is 19.9. The Morgan fingerprint density at radius 1 is 0.905 bits per heavy atom. The van der Waals surface area contributed by atoms with Gasteiger partial charge in [0.25, 0.3) is 0 Å². The van der Waals surface area contributed by atoms with Crippen LogP contribution in [0.25, 0.3) is 0 Å². The van der Waals surface area contributed by atoms with Crippen molar-refractivity contribution in [3.63, 3.8) is 0 Å². The molecule has 7 heteroatoms. The molecular weight excluding hydrogens is 295 g/mol. The van der Waals surface area contributed by atoms with Crippen molar-refractivity contribution in [3.8, 4) is 0 Å². The van der Waals surface area contributed by atoms with Crippen LogP contribution in [-0.2, 0) is 9.53 Å². The number of esters is 1. The number of rotatable bonds is 11. The minimum Gasteiger partial charge on any atom is -0.461 e. The molecule has 0 aromatic heterocycles. The highest BCUT2D eigenvalue weighted by molar-refractivity contribution is 5.78. The van der Waals surface area contributed by atoms with Gasteiger partial charge in [-0.3, -0.25) is 0 Å². The minimum absolute atomic E-state index is 0.284. The molecule has 0 spiro atoms. The van der Waals surface area contributed by atoms with Crippen molar-refractivity contribution in [1.82, 2.24) is 0 Å². The maximum Gasteiger partial charge on any atom is 0.465 e.